The summed E-state index contributed by atoms with van der Waals surface area (Å²) in [5.74, 6) is 1.38. The van der Waals surface area contributed by atoms with E-state index in [1.54, 1.807) is 20.3 Å². The normalized spacial score (nSPS) is 10.3. The van der Waals surface area contributed by atoms with Crippen molar-refractivity contribution in [3.8, 4) is 11.5 Å². The summed E-state index contributed by atoms with van der Waals surface area (Å²) in [7, 11) is 3.18. The average Bonchev–Trinajstić information content (AvgIpc) is 2.18. The quantitative estimate of drug-likeness (QED) is 0.710. The third kappa shape index (κ3) is 2.15. The van der Waals surface area contributed by atoms with Crippen LogP contribution in [0, 0.1) is 0 Å². The molecule has 3 heteroatoms. The molecule has 0 spiro atoms. The van der Waals surface area contributed by atoms with Gasteiger partial charge in [-0.25, -0.2) is 0 Å². The molecule has 0 aliphatic heterocycles. The summed E-state index contributed by atoms with van der Waals surface area (Å²) in [6.45, 7) is 0. The monoisotopic (exact) mass is 178 g/mol. The molecular formula is C10H12NO2. The third-order valence-electron chi connectivity index (χ3n) is 1.68. The molecule has 0 unspecified atom stereocenters. The maximum absolute atomic E-state index is 6.91. The Morgan fingerprint density at radius 3 is 2.38 bits per heavy atom. The molecule has 0 fully saturated rings. The Balaban J connectivity index is 3.05. The number of ether oxygens (including phenoxy) is 2. The molecule has 13 heavy (non-hydrogen) atoms. The molecule has 0 atom stereocenters. The van der Waals surface area contributed by atoms with Crippen molar-refractivity contribution >= 4 is 6.08 Å². The van der Waals surface area contributed by atoms with E-state index < -0.39 is 0 Å². The van der Waals surface area contributed by atoms with Crippen LogP contribution in [0.2, 0.25) is 0 Å². The van der Waals surface area contributed by atoms with Crippen LogP contribution in [-0.2, 0) is 0 Å². The van der Waals surface area contributed by atoms with Gasteiger partial charge in [0.15, 0.2) is 11.5 Å². The second-order valence-electron chi connectivity index (χ2n) is 2.45. The lowest BCUT2D eigenvalue weighted by atomic mass is 10.2. The van der Waals surface area contributed by atoms with Crippen molar-refractivity contribution in [2.45, 2.75) is 0 Å². The van der Waals surface area contributed by atoms with Crippen LogP contribution in [0.15, 0.2) is 24.4 Å². The first-order valence-corrected chi connectivity index (χ1v) is 3.87. The fourth-order valence-electron chi connectivity index (χ4n) is 1.05. The van der Waals surface area contributed by atoms with Gasteiger partial charge in [-0.15, -0.1) is 0 Å². The standard InChI is InChI=1S/C10H12NO2/c1-12-9-4-3-8(5-6-11)7-10(9)13-2/h3-7,11H,1-2H3/b6-5+. The minimum Gasteiger partial charge on any atom is -0.493 e. The van der Waals surface area contributed by atoms with Crippen molar-refractivity contribution < 1.29 is 9.47 Å². The Morgan fingerprint density at radius 1 is 1.15 bits per heavy atom. The zero-order valence-electron chi connectivity index (χ0n) is 7.70. The van der Waals surface area contributed by atoms with Crippen LogP contribution < -0.4 is 15.2 Å². The van der Waals surface area contributed by atoms with E-state index in [-0.39, 0.29) is 0 Å². The van der Waals surface area contributed by atoms with Crippen LogP contribution >= 0.6 is 0 Å². The first-order valence-electron chi connectivity index (χ1n) is 3.87. The molecule has 1 rings (SSSR count). The van der Waals surface area contributed by atoms with E-state index in [1.807, 2.05) is 18.2 Å². The van der Waals surface area contributed by atoms with Gasteiger partial charge in [-0.1, -0.05) is 6.07 Å². The fourth-order valence-corrected chi connectivity index (χ4v) is 1.05. The van der Waals surface area contributed by atoms with Crippen molar-refractivity contribution in [2.75, 3.05) is 14.2 Å². The van der Waals surface area contributed by atoms with E-state index in [9.17, 15) is 0 Å². The van der Waals surface area contributed by atoms with Gasteiger partial charge >= 0.3 is 0 Å². The average molecular weight is 178 g/mol. The largest absolute Gasteiger partial charge is 0.493 e. The molecule has 0 bridgehead atoms. The van der Waals surface area contributed by atoms with Gasteiger partial charge in [0.1, 0.15) is 0 Å². The van der Waals surface area contributed by atoms with Crippen molar-refractivity contribution in [3.05, 3.63) is 30.0 Å². The zero-order valence-corrected chi connectivity index (χ0v) is 7.70. The maximum atomic E-state index is 6.91. The molecule has 3 nitrogen and oxygen atoms in total. The summed E-state index contributed by atoms with van der Waals surface area (Å²) < 4.78 is 10.2. The molecule has 0 amide bonds. The van der Waals surface area contributed by atoms with E-state index in [2.05, 4.69) is 0 Å². The zero-order chi connectivity index (χ0) is 9.68. The topological polar surface area (TPSA) is 42.3 Å². The van der Waals surface area contributed by atoms with E-state index >= 15 is 0 Å². The number of hydrogen-bond acceptors (Lipinski definition) is 2. The van der Waals surface area contributed by atoms with Gasteiger partial charge in [-0.05, 0) is 23.8 Å². The van der Waals surface area contributed by atoms with Gasteiger partial charge in [-0.2, -0.15) is 0 Å². The fraction of sp³-hybridized carbons (Fsp3) is 0.200. The molecule has 1 radical (unpaired) electrons. The molecular weight excluding hydrogens is 166 g/mol. The Morgan fingerprint density at radius 2 is 1.85 bits per heavy atom. The molecule has 0 aromatic heterocycles. The number of nitrogens with one attached hydrogen (secondary N) is 1. The SMILES string of the molecule is COc1ccc(/C=C/[NH])cc1OC. The molecule has 0 aliphatic rings. The highest BCUT2D eigenvalue weighted by molar-refractivity contribution is 5.55. The minimum atomic E-state index is 0.679. The van der Waals surface area contributed by atoms with Crippen molar-refractivity contribution in [1.82, 2.24) is 5.73 Å². The van der Waals surface area contributed by atoms with E-state index in [4.69, 9.17) is 15.2 Å². The van der Waals surface area contributed by atoms with Crippen molar-refractivity contribution in [2.24, 2.45) is 0 Å². The minimum absolute atomic E-state index is 0.679. The highest BCUT2D eigenvalue weighted by Crippen LogP contribution is 2.27. The Kier molecular flexibility index (Phi) is 3.20. The molecule has 1 aromatic rings. The number of hydrogen-bond donors (Lipinski definition) is 0. The van der Waals surface area contributed by atoms with Crippen LogP contribution in [0.3, 0.4) is 0 Å². The molecule has 69 valence electrons. The second kappa shape index (κ2) is 4.40. The lowest BCUT2D eigenvalue weighted by Crippen LogP contribution is -1.90. The molecule has 0 heterocycles. The third-order valence-corrected chi connectivity index (χ3v) is 1.68. The Hall–Kier alpha value is -1.64. The second-order valence-corrected chi connectivity index (χ2v) is 2.45. The van der Waals surface area contributed by atoms with Crippen LogP contribution in [0.4, 0.5) is 0 Å². The number of benzene rings is 1. The van der Waals surface area contributed by atoms with Crippen LogP contribution in [0.5, 0.6) is 11.5 Å². The Labute approximate surface area is 77.8 Å². The van der Waals surface area contributed by atoms with Crippen LogP contribution in [0.25, 0.3) is 6.08 Å². The molecule has 1 N–H and O–H groups in total. The molecule has 0 saturated heterocycles. The van der Waals surface area contributed by atoms with E-state index in [1.165, 1.54) is 6.20 Å². The van der Waals surface area contributed by atoms with E-state index in [0.717, 1.165) is 5.56 Å². The summed E-state index contributed by atoms with van der Waals surface area (Å²) in [6, 6.07) is 5.50. The Bertz CT molecular complexity index is 308. The predicted molar refractivity (Wildman–Crippen MR) is 51.7 cm³/mol. The van der Waals surface area contributed by atoms with Crippen LogP contribution in [-0.4, -0.2) is 14.2 Å². The van der Waals surface area contributed by atoms with Gasteiger partial charge in [0.05, 0.1) is 14.2 Å². The first kappa shape index (κ1) is 9.45. The lowest BCUT2D eigenvalue weighted by Gasteiger charge is -2.07. The molecule has 0 saturated carbocycles. The number of methoxy groups -OCH3 is 2. The maximum Gasteiger partial charge on any atom is 0.161 e. The van der Waals surface area contributed by atoms with Gasteiger partial charge in [0, 0.05) is 6.20 Å². The summed E-state index contributed by atoms with van der Waals surface area (Å²) in [5, 5.41) is 0. The summed E-state index contributed by atoms with van der Waals surface area (Å²) in [4.78, 5) is 0. The summed E-state index contributed by atoms with van der Waals surface area (Å²) in [6.07, 6.45) is 2.92. The summed E-state index contributed by atoms with van der Waals surface area (Å²) >= 11 is 0. The van der Waals surface area contributed by atoms with Gasteiger partial charge in [0.25, 0.3) is 0 Å². The lowest BCUT2D eigenvalue weighted by molar-refractivity contribution is 0.355. The summed E-state index contributed by atoms with van der Waals surface area (Å²) in [5.41, 5.74) is 7.84. The van der Waals surface area contributed by atoms with Gasteiger partial charge in [-0.3, -0.25) is 0 Å². The van der Waals surface area contributed by atoms with E-state index in [0.29, 0.717) is 11.5 Å². The number of rotatable bonds is 3. The highest BCUT2D eigenvalue weighted by atomic mass is 16.5. The highest BCUT2D eigenvalue weighted by Gasteiger charge is 2.01. The molecule has 0 aliphatic carbocycles. The van der Waals surface area contributed by atoms with Gasteiger partial charge in [0.2, 0.25) is 0 Å². The molecule has 1 aromatic carbocycles. The smallest absolute Gasteiger partial charge is 0.161 e. The first-order chi connectivity index (χ1) is 6.31. The van der Waals surface area contributed by atoms with Gasteiger partial charge < -0.3 is 15.2 Å². The predicted octanol–water partition coefficient (Wildman–Crippen LogP) is 1.96. The van der Waals surface area contributed by atoms with Crippen molar-refractivity contribution in [1.29, 1.82) is 0 Å². The van der Waals surface area contributed by atoms with Crippen LogP contribution in [0.1, 0.15) is 5.56 Å². The van der Waals surface area contributed by atoms with Crippen molar-refractivity contribution in [3.63, 3.8) is 0 Å².